The van der Waals surface area contributed by atoms with Crippen LogP contribution in [0.25, 0.3) is 0 Å². The molecule has 0 fully saturated rings. The maximum absolute atomic E-state index is 13.8. The highest BCUT2D eigenvalue weighted by atomic mass is 32.2. The van der Waals surface area contributed by atoms with Gasteiger partial charge in [-0.2, -0.15) is 28.8 Å². The lowest BCUT2D eigenvalue weighted by atomic mass is 10.0. The van der Waals surface area contributed by atoms with Crippen LogP contribution in [0.3, 0.4) is 0 Å². The standard InChI is InChI=1S/C39H55N7O6S/c1-5-6-7-8-9-10-11-12-13-14-15-16-17-18-22-25-35(47)40-38-37(42-41-36-29(2)43-45(4)30(36)3)39(48)46(44-38)31-26-27-33(34(28-31)53(49,50)51)52-32-23-20-19-21-24-32/h19-21,23-24,26-28,37H,5-18,22,25H2,1-4H3,(H,40,44,47)(H,49,50,51)/t37-/m0/s1. The fourth-order valence-corrected chi connectivity index (χ4v) is 6.88. The van der Waals surface area contributed by atoms with Crippen LogP contribution in [0.1, 0.15) is 121 Å². The van der Waals surface area contributed by atoms with Crippen molar-refractivity contribution in [3.8, 4) is 11.5 Å². The van der Waals surface area contributed by atoms with E-state index in [1.807, 2.05) is 6.92 Å². The Morgan fingerprint density at radius 3 is 2.02 bits per heavy atom. The summed E-state index contributed by atoms with van der Waals surface area (Å²) in [4.78, 5) is 26.3. The van der Waals surface area contributed by atoms with Gasteiger partial charge < -0.3 is 10.1 Å². The van der Waals surface area contributed by atoms with Crippen LogP contribution in [0.5, 0.6) is 11.5 Å². The van der Waals surface area contributed by atoms with Crippen molar-refractivity contribution < 1.29 is 27.3 Å². The molecule has 0 saturated carbocycles. The summed E-state index contributed by atoms with van der Waals surface area (Å²) in [6.45, 7) is 5.84. The maximum Gasteiger partial charge on any atom is 0.298 e. The number of amidine groups is 1. The normalized spacial score (nSPS) is 14.7. The second-order valence-electron chi connectivity index (χ2n) is 13.7. The molecule has 2 N–H and O–H groups in total. The van der Waals surface area contributed by atoms with E-state index < -0.39 is 27.0 Å². The topological polar surface area (TPSA) is 168 Å². The zero-order chi connectivity index (χ0) is 38.2. The summed E-state index contributed by atoms with van der Waals surface area (Å²) in [7, 11) is -3.01. The first-order chi connectivity index (χ1) is 25.5. The average molecular weight is 750 g/mol. The largest absolute Gasteiger partial charge is 0.456 e. The maximum atomic E-state index is 13.8. The van der Waals surface area contributed by atoms with Gasteiger partial charge in [-0.15, -0.1) is 5.10 Å². The van der Waals surface area contributed by atoms with Gasteiger partial charge in [-0.3, -0.25) is 18.8 Å². The van der Waals surface area contributed by atoms with Gasteiger partial charge in [0.1, 0.15) is 22.1 Å². The molecular formula is C39H55N7O6S. The minimum absolute atomic E-state index is 0.0173. The van der Waals surface area contributed by atoms with Crippen molar-refractivity contribution in [3.63, 3.8) is 0 Å². The highest BCUT2D eigenvalue weighted by Gasteiger charge is 2.39. The summed E-state index contributed by atoms with van der Waals surface area (Å²) in [5, 5.41) is 21.0. The second-order valence-corrected chi connectivity index (χ2v) is 15.1. The van der Waals surface area contributed by atoms with E-state index in [0.29, 0.717) is 23.6 Å². The average Bonchev–Trinajstić information content (AvgIpc) is 3.56. The molecule has 1 aliphatic heterocycles. The number of aromatic nitrogens is 2. The van der Waals surface area contributed by atoms with Crippen LogP contribution in [0.4, 0.5) is 11.4 Å². The molecule has 0 bridgehead atoms. The molecule has 3 aromatic rings. The van der Waals surface area contributed by atoms with E-state index in [0.717, 1.165) is 36.0 Å². The zero-order valence-corrected chi connectivity index (χ0v) is 32.4. The van der Waals surface area contributed by atoms with Gasteiger partial charge in [-0.1, -0.05) is 115 Å². The minimum Gasteiger partial charge on any atom is -0.456 e. The summed E-state index contributed by atoms with van der Waals surface area (Å²) < 4.78 is 42.2. The Kier molecular flexibility index (Phi) is 16.2. The molecule has 0 aliphatic carbocycles. The van der Waals surface area contributed by atoms with Gasteiger partial charge in [0.15, 0.2) is 5.84 Å². The van der Waals surface area contributed by atoms with E-state index in [4.69, 9.17) is 4.74 Å². The number of carbonyl (C=O) groups excluding carboxylic acids is 2. The molecule has 0 spiro atoms. The summed E-state index contributed by atoms with van der Waals surface area (Å²) >= 11 is 0. The van der Waals surface area contributed by atoms with Crippen LogP contribution < -0.4 is 15.1 Å². The number of ether oxygens (including phenoxy) is 1. The van der Waals surface area contributed by atoms with Crippen LogP contribution in [0.15, 0.2) is 68.8 Å². The van der Waals surface area contributed by atoms with E-state index in [1.165, 1.54) is 82.8 Å². The van der Waals surface area contributed by atoms with Crippen LogP contribution in [-0.2, 0) is 26.8 Å². The second kappa shape index (κ2) is 20.7. The van der Waals surface area contributed by atoms with Gasteiger partial charge in [0.25, 0.3) is 16.0 Å². The number of hydrogen-bond acceptors (Lipinski definition) is 9. The van der Waals surface area contributed by atoms with Crippen LogP contribution >= 0.6 is 0 Å². The van der Waals surface area contributed by atoms with Crippen LogP contribution in [-0.4, -0.2) is 46.4 Å². The quantitative estimate of drug-likeness (QED) is 0.0586. The number of anilines is 1. The number of aryl methyl sites for hydroxylation is 2. The van der Waals surface area contributed by atoms with E-state index in [-0.39, 0.29) is 29.6 Å². The SMILES string of the molecule is CCCCCCCCCCCCCCCCCC(=O)NC1=NN(c2ccc(Oc3ccccc3)c(S(=O)(=O)O)c2)C(=O)[C@H]1N=Nc1c(C)nn(C)c1C. The lowest BCUT2D eigenvalue weighted by molar-refractivity contribution is -0.119. The van der Waals surface area contributed by atoms with Gasteiger partial charge in [0.2, 0.25) is 11.9 Å². The first-order valence-electron chi connectivity index (χ1n) is 19.0. The molecule has 2 heterocycles. The van der Waals surface area contributed by atoms with Crippen molar-refractivity contribution in [2.45, 2.75) is 134 Å². The van der Waals surface area contributed by atoms with Crippen LogP contribution in [0, 0.1) is 13.8 Å². The lowest BCUT2D eigenvalue weighted by Crippen LogP contribution is -2.39. The van der Waals surface area contributed by atoms with E-state index in [1.54, 1.807) is 49.0 Å². The Hall–Kier alpha value is -4.43. The predicted octanol–water partition coefficient (Wildman–Crippen LogP) is 9.27. The van der Waals surface area contributed by atoms with Crippen LogP contribution in [0.2, 0.25) is 0 Å². The van der Waals surface area contributed by atoms with Gasteiger partial charge >= 0.3 is 0 Å². The third kappa shape index (κ3) is 12.6. The number of unbranched alkanes of at least 4 members (excludes halogenated alkanes) is 14. The molecule has 1 aromatic heterocycles. The fourth-order valence-electron chi connectivity index (χ4n) is 6.24. The molecule has 0 unspecified atom stereocenters. The summed E-state index contributed by atoms with van der Waals surface area (Å²) in [5.41, 5.74) is 1.84. The molecule has 0 saturated heterocycles. The van der Waals surface area contributed by atoms with Gasteiger partial charge in [0, 0.05) is 13.5 Å². The highest BCUT2D eigenvalue weighted by Crippen LogP contribution is 2.34. The number of nitrogens with one attached hydrogen (secondary N) is 1. The third-order valence-corrected chi connectivity index (χ3v) is 10.2. The Labute approximate surface area is 314 Å². The predicted molar refractivity (Wildman–Crippen MR) is 206 cm³/mol. The molecule has 2 amide bonds. The van der Waals surface area contributed by atoms with Crippen molar-refractivity contribution in [1.29, 1.82) is 0 Å². The summed E-state index contributed by atoms with van der Waals surface area (Å²) in [6.07, 6.45) is 18.6. The molecular weight excluding hydrogens is 695 g/mol. The number of azo groups is 1. The molecule has 1 atom stereocenters. The summed E-state index contributed by atoms with van der Waals surface area (Å²) in [5.74, 6) is -0.822. The molecule has 53 heavy (non-hydrogen) atoms. The number of amides is 2. The number of benzene rings is 2. The molecule has 14 heteroatoms. The smallest absolute Gasteiger partial charge is 0.298 e. The molecule has 2 aromatic carbocycles. The number of hydrogen-bond donors (Lipinski definition) is 2. The Bertz CT molecular complexity index is 1820. The molecule has 288 valence electrons. The first kappa shape index (κ1) is 41.3. The van der Waals surface area contributed by atoms with Gasteiger partial charge in [-0.25, -0.2) is 0 Å². The van der Waals surface area contributed by atoms with Crippen molar-refractivity contribution in [2.24, 2.45) is 22.4 Å². The Morgan fingerprint density at radius 1 is 0.887 bits per heavy atom. The minimum atomic E-state index is -4.78. The molecule has 0 radical (unpaired) electrons. The van der Waals surface area contributed by atoms with Crippen molar-refractivity contribution >= 4 is 39.1 Å². The fraction of sp³-hybridized carbons (Fsp3) is 0.538. The van der Waals surface area contributed by atoms with Gasteiger partial charge in [0.05, 0.1) is 17.1 Å². The Balaban J connectivity index is 1.36. The monoisotopic (exact) mass is 749 g/mol. The van der Waals surface area contributed by atoms with Crippen molar-refractivity contribution in [2.75, 3.05) is 5.01 Å². The van der Waals surface area contributed by atoms with Gasteiger partial charge in [-0.05, 0) is 50.6 Å². The van der Waals surface area contributed by atoms with E-state index in [2.05, 4.69) is 32.7 Å². The molecule has 4 rings (SSSR count). The van der Waals surface area contributed by atoms with Crippen molar-refractivity contribution in [3.05, 3.63) is 59.9 Å². The molecule has 13 nitrogen and oxygen atoms in total. The molecule has 1 aliphatic rings. The third-order valence-electron chi connectivity index (χ3n) is 9.35. The Morgan fingerprint density at radius 2 is 1.47 bits per heavy atom. The number of carbonyl (C=O) groups is 2. The van der Waals surface area contributed by atoms with E-state index >= 15 is 0 Å². The zero-order valence-electron chi connectivity index (χ0n) is 31.6. The number of rotatable bonds is 22. The van der Waals surface area contributed by atoms with E-state index in [9.17, 15) is 22.6 Å². The van der Waals surface area contributed by atoms with Crippen molar-refractivity contribution in [1.82, 2.24) is 15.1 Å². The lowest BCUT2D eigenvalue weighted by Gasteiger charge is -2.15. The summed E-state index contributed by atoms with van der Waals surface area (Å²) in [6, 6.07) is 11.0. The first-order valence-corrected chi connectivity index (χ1v) is 20.4. The highest BCUT2D eigenvalue weighted by molar-refractivity contribution is 7.86. The number of hydrazone groups is 1. The number of nitrogens with zero attached hydrogens (tertiary/aromatic N) is 6. The number of para-hydroxylation sites is 1.